The minimum Gasteiger partial charge on any atom is -0.338 e. The molecule has 2 nitrogen and oxygen atoms in total. The summed E-state index contributed by atoms with van der Waals surface area (Å²) >= 11 is 1.68. The molecule has 98 valence electrons. The number of fused-ring (bicyclic) bond motifs is 1. The van der Waals surface area contributed by atoms with Crippen molar-refractivity contribution in [3.63, 3.8) is 0 Å². The molecule has 0 radical (unpaired) electrons. The van der Waals surface area contributed by atoms with Crippen molar-refractivity contribution in [3.05, 3.63) is 0 Å². The van der Waals surface area contributed by atoms with Gasteiger partial charge >= 0.3 is 0 Å². The fourth-order valence-corrected chi connectivity index (χ4v) is 3.86. The van der Waals surface area contributed by atoms with E-state index in [9.17, 15) is 4.79 Å². The van der Waals surface area contributed by atoms with Gasteiger partial charge in [-0.25, -0.2) is 0 Å². The standard InChI is InChI=1S/C14H25NOS/c1-10-8-9-15(14(16)11(2)17-3)13-7-5-4-6-12(10)13/h10-13H,4-9H2,1-3H3. The SMILES string of the molecule is CSC(C)C(=O)N1CCC(C)C2CCCCC21. The summed E-state index contributed by atoms with van der Waals surface area (Å²) in [5, 5.41) is 0.131. The number of carbonyl (C=O) groups is 1. The molecule has 1 amide bonds. The van der Waals surface area contributed by atoms with Gasteiger partial charge in [-0.05, 0) is 44.3 Å². The first-order valence-corrected chi connectivity index (χ1v) is 8.27. The zero-order valence-corrected chi connectivity index (χ0v) is 12.1. The van der Waals surface area contributed by atoms with Crippen LogP contribution in [0.5, 0.6) is 0 Å². The van der Waals surface area contributed by atoms with Crippen LogP contribution in [-0.2, 0) is 4.79 Å². The molecule has 1 saturated carbocycles. The fraction of sp³-hybridized carbons (Fsp3) is 0.929. The van der Waals surface area contributed by atoms with Crippen molar-refractivity contribution in [3.8, 4) is 0 Å². The second-order valence-electron chi connectivity index (χ2n) is 5.69. The van der Waals surface area contributed by atoms with Gasteiger partial charge in [-0.2, -0.15) is 11.8 Å². The molecular weight excluding hydrogens is 230 g/mol. The van der Waals surface area contributed by atoms with Gasteiger partial charge in [-0.1, -0.05) is 19.8 Å². The number of hydrogen-bond donors (Lipinski definition) is 0. The highest BCUT2D eigenvalue weighted by molar-refractivity contribution is 7.99. The van der Waals surface area contributed by atoms with E-state index < -0.39 is 0 Å². The molecule has 4 unspecified atom stereocenters. The summed E-state index contributed by atoms with van der Waals surface area (Å²) < 4.78 is 0. The Kier molecular flexibility index (Phi) is 4.40. The number of thioether (sulfide) groups is 1. The first-order valence-electron chi connectivity index (χ1n) is 6.98. The van der Waals surface area contributed by atoms with Crippen LogP contribution in [-0.4, -0.2) is 34.9 Å². The lowest BCUT2D eigenvalue weighted by molar-refractivity contribution is -0.138. The molecule has 1 saturated heterocycles. The van der Waals surface area contributed by atoms with Crippen LogP contribution in [0.25, 0.3) is 0 Å². The number of nitrogens with zero attached hydrogens (tertiary/aromatic N) is 1. The van der Waals surface area contributed by atoms with Gasteiger partial charge < -0.3 is 4.90 Å². The molecule has 4 atom stereocenters. The molecule has 0 aromatic heterocycles. The molecule has 0 N–H and O–H groups in total. The van der Waals surface area contributed by atoms with Crippen molar-refractivity contribution < 1.29 is 4.79 Å². The highest BCUT2D eigenvalue weighted by Gasteiger charge is 2.40. The first kappa shape index (κ1) is 13.3. The Bertz CT molecular complexity index is 281. The summed E-state index contributed by atoms with van der Waals surface area (Å²) in [6.07, 6.45) is 8.49. The summed E-state index contributed by atoms with van der Waals surface area (Å²) in [4.78, 5) is 14.6. The summed E-state index contributed by atoms with van der Waals surface area (Å²) in [7, 11) is 0. The van der Waals surface area contributed by atoms with Gasteiger partial charge in [0.05, 0.1) is 5.25 Å². The Labute approximate surface area is 110 Å². The van der Waals surface area contributed by atoms with E-state index in [2.05, 4.69) is 11.8 Å². The zero-order valence-electron chi connectivity index (χ0n) is 11.3. The molecule has 0 spiro atoms. The molecule has 2 fully saturated rings. The number of piperidine rings is 1. The predicted octanol–water partition coefficient (Wildman–Crippen LogP) is 3.17. The average Bonchev–Trinajstić information content (AvgIpc) is 2.38. The quantitative estimate of drug-likeness (QED) is 0.755. The van der Waals surface area contributed by atoms with Gasteiger partial charge in [0, 0.05) is 12.6 Å². The van der Waals surface area contributed by atoms with Crippen LogP contribution >= 0.6 is 11.8 Å². The van der Waals surface area contributed by atoms with Gasteiger partial charge in [0.1, 0.15) is 0 Å². The van der Waals surface area contributed by atoms with Gasteiger partial charge in [0.15, 0.2) is 0 Å². The highest BCUT2D eigenvalue weighted by atomic mass is 32.2. The van der Waals surface area contributed by atoms with Crippen LogP contribution in [0.2, 0.25) is 0 Å². The number of likely N-dealkylation sites (tertiary alicyclic amines) is 1. The van der Waals surface area contributed by atoms with Crippen molar-refractivity contribution in [2.75, 3.05) is 12.8 Å². The van der Waals surface area contributed by atoms with E-state index in [0.29, 0.717) is 11.9 Å². The third-order valence-corrected chi connectivity index (χ3v) is 5.63. The largest absolute Gasteiger partial charge is 0.338 e. The topological polar surface area (TPSA) is 20.3 Å². The number of amides is 1. The minimum absolute atomic E-state index is 0.131. The Hall–Kier alpha value is -0.180. The lowest BCUT2D eigenvalue weighted by atomic mass is 9.72. The number of carbonyl (C=O) groups excluding carboxylic acids is 1. The van der Waals surface area contributed by atoms with Crippen molar-refractivity contribution in [1.29, 1.82) is 0 Å². The van der Waals surface area contributed by atoms with E-state index in [1.807, 2.05) is 13.2 Å². The van der Waals surface area contributed by atoms with Crippen LogP contribution in [0.3, 0.4) is 0 Å². The van der Waals surface area contributed by atoms with Gasteiger partial charge in [0.2, 0.25) is 5.91 Å². The lowest BCUT2D eigenvalue weighted by Gasteiger charge is -2.47. The summed E-state index contributed by atoms with van der Waals surface area (Å²) in [5.74, 6) is 1.96. The number of hydrogen-bond acceptors (Lipinski definition) is 2. The van der Waals surface area contributed by atoms with E-state index in [4.69, 9.17) is 0 Å². The van der Waals surface area contributed by atoms with Crippen molar-refractivity contribution in [2.24, 2.45) is 11.8 Å². The average molecular weight is 255 g/mol. The molecule has 2 rings (SSSR count). The summed E-state index contributed by atoms with van der Waals surface area (Å²) in [6.45, 7) is 5.41. The van der Waals surface area contributed by atoms with Crippen LogP contribution in [0.15, 0.2) is 0 Å². The van der Waals surface area contributed by atoms with Crippen molar-refractivity contribution in [2.45, 2.75) is 57.2 Å². The predicted molar refractivity (Wildman–Crippen MR) is 74.2 cm³/mol. The third kappa shape index (κ3) is 2.64. The number of rotatable bonds is 2. The highest BCUT2D eigenvalue weighted by Crippen LogP contribution is 2.39. The molecule has 0 bridgehead atoms. The molecule has 3 heteroatoms. The smallest absolute Gasteiger partial charge is 0.235 e. The van der Waals surface area contributed by atoms with E-state index in [1.54, 1.807) is 11.8 Å². The van der Waals surface area contributed by atoms with E-state index in [0.717, 1.165) is 18.4 Å². The fourth-order valence-electron chi connectivity index (χ4n) is 3.52. The van der Waals surface area contributed by atoms with Crippen LogP contribution in [0.1, 0.15) is 46.0 Å². The second kappa shape index (κ2) is 5.64. The molecule has 1 aliphatic carbocycles. The molecule has 17 heavy (non-hydrogen) atoms. The summed E-state index contributed by atoms with van der Waals surface area (Å²) in [6, 6.07) is 0.551. The normalized spacial score (nSPS) is 35.2. The monoisotopic (exact) mass is 255 g/mol. The van der Waals surface area contributed by atoms with Gasteiger partial charge in [-0.3, -0.25) is 4.79 Å². The second-order valence-corrected chi connectivity index (χ2v) is 6.87. The third-order valence-electron chi connectivity index (χ3n) is 4.72. The maximum absolute atomic E-state index is 12.4. The summed E-state index contributed by atoms with van der Waals surface area (Å²) in [5.41, 5.74) is 0. The maximum atomic E-state index is 12.4. The van der Waals surface area contributed by atoms with Gasteiger partial charge in [-0.15, -0.1) is 0 Å². The van der Waals surface area contributed by atoms with E-state index in [-0.39, 0.29) is 5.25 Å². The van der Waals surface area contributed by atoms with Crippen LogP contribution in [0, 0.1) is 11.8 Å². The van der Waals surface area contributed by atoms with Crippen molar-refractivity contribution in [1.82, 2.24) is 4.90 Å². The lowest BCUT2D eigenvalue weighted by Crippen LogP contribution is -2.54. The van der Waals surface area contributed by atoms with Crippen LogP contribution < -0.4 is 0 Å². The first-order chi connectivity index (χ1) is 8.15. The molecular formula is C14H25NOS. The Balaban J connectivity index is 2.09. The molecule has 2 aliphatic rings. The minimum atomic E-state index is 0.131. The Morgan fingerprint density at radius 2 is 2.00 bits per heavy atom. The molecule has 1 aliphatic heterocycles. The maximum Gasteiger partial charge on any atom is 0.235 e. The van der Waals surface area contributed by atoms with Crippen molar-refractivity contribution >= 4 is 17.7 Å². The van der Waals surface area contributed by atoms with Gasteiger partial charge in [0.25, 0.3) is 0 Å². The molecule has 0 aromatic rings. The van der Waals surface area contributed by atoms with E-state index in [1.165, 1.54) is 32.1 Å². The zero-order chi connectivity index (χ0) is 12.4. The van der Waals surface area contributed by atoms with E-state index >= 15 is 0 Å². The van der Waals surface area contributed by atoms with Crippen LogP contribution in [0.4, 0.5) is 0 Å². The Morgan fingerprint density at radius 1 is 1.29 bits per heavy atom. The Morgan fingerprint density at radius 3 is 2.71 bits per heavy atom. The molecule has 0 aromatic carbocycles. The molecule has 1 heterocycles.